The van der Waals surface area contributed by atoms with Crippen LogP contribution in [0.5, 0.6) is 0 Å². The monoisotopic (exact) mass is 402 g/mol. The number of carbonyl (C=O) groups is 1. The van der Waals surface area contributed by atoms with E-state index < -0.39 is 0 Å². The molecule has 0 fully saturated rings. The molecule has 0 heterocycles. The van der Waals surface area contributed by atoms with Crippen molar-refractivity contribution in [1.82, 2.24) is 4.90 Å². The third kappa shape index (κ3) is 3.95. The molecule has 110 valence electrons. The van der Waals surface area contributed by atoms with Gasteiger partial charge in [-0.05, 0) is 52.4 Å². The summed E-state index contributed by atoms with van der Waals surface area (Å²) in [4.78, 5) is 14.4. The van der Waals surface area contributed by atoms with Gasteiger partial charge in [0.2, 0.25) is 0 Å². The molecule has 0 saturated heterocycles. The van der Waals surface area contributed by atoms with Crippen LogP contribution in [0.1, 0.15) is 21.5 Å². The van der Waals surface area contributed by atoms with Crippen LogP contribution in [0.4, 0.5) is 0 Å². The first-order chi connectivity index (χ1) is 10.7. The molecule has 1 amide bonds. The molecule has 2 aromatic rings. The zero-order chi connectivity index (χ0) is 15.9. The first-order valence-corrected chi connectivity index (χ1v) is 7.87. The number of nitrogens with zero attached hydrogens (tertiary/aromatic N) is 2. The summed E-state index contributed by atoms with van der Waals surface area (Å²) in [7, 11) is 0. The van der Waals surface area contributed by atoms with Crippen molar-refractivity contribution in [3.05, 3.63) is 81.4 Å². The van der Waals surface area contributed by atoms with Gasteiger partial charge in [-0.3, -0.25) is 4.79 Å². The number of carbonyl (C=O) groups excluding carboxylic acids is 1. The van der Waals surface area contributed by atoms with Crippen LogP contribution in [0.3, 0.4) is 0 Å². The van der Waals surface area contributed by atoms with Crippen LogP contribution in [0, 0.1) is 14.9 Å². The van der Waals surface area contributed by atoms with Crippen LogP contribution in [0.15, 0.2) is 61.2 Å². The zero-order valence-corrected chi connectivity index (χ0v) is 14.2. The third-order valence-electron chi connectivity index (χ3n) is 3.20. The minimum Gasteiger partial charge on any atom is -0.331 e. The van der Waals surface area contributed by atoms with Crippen LogP contribution in [0.25, 0.3) is 0 Å². The number of nitriles is 1. The van der Waals surface area contributed by atoms with Crippen molar-refractivity contribution in [3.63, 3.8) is 0 Å². The summed E-state index contributed by atoms with van der Waals surface area (Å²) >= 11 is 2.17. The van der Waals surface area contributed by atoms with Crippen molar-refractivity contribution in [2.45, 2.75) is 6.54 Å². The van der Waals surface area contributed by atoms with Gasteiger partial charge < -0.3 is 4.90 Å². The summed E-state index contributed by atoms with van der Waals surface area (Å²) in [6.45, 7) is 4.69. The summed E-state index contributed by atoms with van der Waals surface area (Å²) in [6.07, 6.45) is 1.72. The smallest absolute Gasteiger partial charge is 0.255 e. The number of hydrogen-bond acceptors (Lipinski definition) is 2. The van der Waals surface area contributed by atoms with Crippen LogP contribution in [-0.2, 0) is 6.54 Å². The van der Waals surface area contributed by atoms with E-state index >= 15 is 0 Å². The Labute approximate surface area is 144 Å². The minimum absolute atomic E-state index is 0.0192. The molecule has 0 aliphatic carbocycles. The van der Waals surface area contributed by atoms with E-state index in [4.69, 9.17) is 5.26 Å². The highest BCUT2D eigenvalue weighted by Gasteiger charge is 2.17. The lowest BCUT2D eigenvalue weighted by atomic mass is 10.1. The largest absolute Gasteiger partial charge is 0.331 e. The molecule has 0 N–H and O–H groups in total. The molecule has 3 nitrogen and oxygen atoms in total. The summed E-state index contributed by atoms with van der Waals surface area (Å²) in [5, 5.41) is 8.83. The Balaban J connectivity index is 2.22. The molecule has 0 saturated carbocycles. The van der Waals surface area contributed by atoms with Crippen molar-refractivity contribution in [2.24, 2.45) is 0 Å². The number of hydrogen-bond donors (Lipinski definition) is 0. The fourth-order valence-corrected chi connectivity index (χ4v) is 2.70. The van der Waals surface area contributed by atoms with Gasteiger partial charge in [0.05, 0.1) is 17.2 Å². The van der Waals surface area contributed by atoms with E-state index in [1.807, 2.05) is 36.4 Å². The number of amides is 1. The van der Waals surface area contributed by atoms with Crippen molar-refractivity contribution in [2.75, 3.05) is 6.54 Å². The summed E-state index contributed by atoms with van der Waals surface area (Å²) < 4.78 is 0.930. The summed E-state index contributed by atoms with van der Waals surface area (Å²) in [5.74, 6) is -0.0192. The van der Waals surface area contributed by atoms with Gasteiger partial charge in [0.15, 0.2) is 0 Å². The molecule has 2 aromatic carbocycles. The Hall–Kier alpha value is -2.13. The first kappa shape index (κ1) is 16.2. The highest BCUT2D eigenvalue weighted by molar-refractivity contribution is 14.1. The SMILES string of the molecule is C=CCN(Cc1ccc(C#N)cc1)C(=O)c1ccccc1I. The van der Waals surface area contributed by atoms with Crippen LogP contribution >= 0.6 is 22.6 Å². The molecule has 0 bridgehead atoms. The van der Waals surface area contributed by atoms with Gasteiger partial charge in [0.1, 0.15) is 0 Å². The van der Waals surface area contributed by atoms with E-state index in [2.05, 4.69) is 35.2 Å². The molecule has 0 spiro atoms. The molecule has 0 radical (unpaired) electrons. The predicted octanol–water partition coefficient (Wildman–Crippen LogP) is 3.99. The van der Waals surface area contributed by atoms with Gasteiger partial charge in [0, 0.05) is 16.7 Å². The molecule has 2 rings (SSSR count). The lowest BCUT2D eigenvalue weighted by Gasteiger charge is -2.22. The van der Waals surface area contributed by atoms with Crippen molar-refractivity contribution < 1.29 is 4.79 Å². The standard InChI is InChI=1S/C18H15IN2O/c1-2-11-21(13-15-9-7-14(12-20)8-10-15)18(22)16-5-3-4-6-17(16)19/h2-10H,1,11,13H2. The molecule has 0 aliphatic heterocycles. The lowest BCUT2D eigenvalue weighted by Crippen LogP contribution is -2.31. The molecular weight excluding hydrogens is 387 g/mol. The van der Waals surface area contributed by atoms with Crippen molar-refractivity contribution in [1.29, 1.82) is 5.26 Å². The van der Waals surface area contributed by atoms with Crippen molar-refractivity contribution in [3.8, 4) is 6.07 Å². The third-order valence-corrected chi connectivity index (χ3v) is 4.14. The second-order valence-electron chi connectivity index (χ2n) is 4.76. The second-order valence-corrected chi connectivity index (χ2v) is 5.93. The lowest BCUT2D eigenvalue weighted by molar-refractivity contribution is 0.0761. The Morgan fingerprint density at radius 2 is 1.91 bits per heavy atom. The van der Waals surface area contributed by atoms with Gasteiger partial charge in [-0.25, -0.2) is 0 Å². The molecule has 0 aliphatic rings. The van der Waals surface area contributed by atoms with Gasteiger partial charge >= 0.3 is 0 Å². The average molecular weight is 402 g/mol. The fraction of sp³-hybridized carbons (Fsp3) is 0.111. The fourth-order valence-electron chi connectivity index (χ4n) is 2.09. The Morgan fingerprint density at radius 3 is 2.50 bits per heavy atom. The van der Waals surface area contributed by atoms with E-state index in [0.717, 1.165) is 9.13 Å². The van der Waals surface area contributed by atoms with E-state index in [0.29, 0.717) is 24.2 Å². The molecular formula is C18H15IN2O. The quantitative estimate of drug-likeness (QED) is 0.561. The van der Waals surface area contributed by atoms with Crippen molar-refractivity contribution >= 4 is 28.5 Å². The van der Waals surface area contributed by atoms with Crippen LogP contribution in [-0.4, -0.2) is 17.4 Å². The summed E-state index contributed by atoms with van der Waals surface area (Å²) in [6, 6.07) is 16.9. The Kier molecular flexibility index (Phi) is 5.73. The number of rotatable bonds is 5. The molecule has 22 heavy (non-hydrogen) atoms. The van der Waals surface area contributed by atoms with E-state index in [-0.39, 0.29) is 5.91 Å². The van der Waals surface area contributed by atoms with E-state index in [9.17, 15) is 4.79 Å². The molecule has 0 atom stereocenters. The molecule has 0 aromatic heterocycles. The highest BCUT2D eigenvalue weighted by atomic mass is 127. The second kappa shape index (κ2) is 7.76. The maximum atomic E-state index is 12.7. The molecule has 4 heteroatoms. The Morgan fingerprint density at radius 1 is 1.23 bits per heavy atom. The zero-order valence-electron chi connectivity index (χ0n) is 12.0. The maximum absolute atomic E-state index is 12.7. The average Bonchev–Trinajstić information content (AvgIpc) is 2.55. The highest BCUT2D eigenvalue weighted by Crippen LogP contribution is 2.16. The van der Waals surface area contributed by atoms with Gasteiger partial charge in [0.25, 0.3) is 5.91 Å². The Bertz CT molecular complexity index is 717. The van der Waals surface area contributed by atoms with E-state index in [1.165, 1.54) is 0 Å². The van der Waals surface area contributed by atoms with Gasteiger partial charge in [-0.1, -0.05) is 30.3 Å². The van der Waals surface area contributed by atoms with Gasteiger partial charge in [-0.2, -0.15) is 5.26 Å². The normalized spacial score (nSPS) is 9.82. The first-order valence-electron chi connectivity index (χ1n) is 6.79. The maximum Gasteiger partial charge on any atom is 0.255 e. The number of halogens is 1. The molecule has 0 unspecified atom stereocenters. The predicted molar refractivity (Wildman–Crippen MR) is 95.3 cm³/mol. The van der Waals surface area contributed by atoms with E-state index in [1.54, 1.807) is 23.1 Å². The summed E-state index contributed by atoms with van der Waals surface area (Å²) in [5.41, 5.74) is 2.29. The number of benzene rings is 2. The van der Waals surface area contributed by atoms with Gasteiger partial charge in [-0.15, -0.1) is 6.58 Å². The minimum atomic E-state index is -0.0192. The topological polar surface area (TPSA) is 44.1 Å². The van der Waals surface area contributed by atoms with Crippen LogP contribution in [0.2, 0.25) is 0 Å². The van der Waals surface area contributed by atoms with Crippen LogP contribution < -0.4 is 0 Å².